The number of nitrogens with two attached hydrogens (primary N) is 1. The molecule has 0 aliphatic rings. The van der Waals surface area contributed by atoms with Crippen LogP contribution in [0.25, 0.3) is 39.3 Å². The Bertz CT molecular complexity index is 1480. The minimum absolute atomic E-state index is 0.00663. The average molecular weight is 389 g/mol. The monoisotopic (exact) mass is 389 g/mol. The predicted octanol–water partition coefficient (Wildman–Crippen LogP) is 1.89. The number of benzene rings is 2. The highest BCUT2D eigenvalue weighted by atomic mass is 19.1. The molecule has 0 atom stereocenters. The summed E-state index contributed by atoms with van der Waals surface area (Å²) < 4.78 is 15.4. The van der Waals surface area contributed by atoms with Gasteiger partial charge in [0.15, 0.2) is 17.2 Å². The molecule has 142 valence electrons. The van der Waals surface area contributed by atoms with Gasteiger partial charge < -0.3 is 15.7 Å². The van der Waals surface area contributed by atoms with Gasteiger partial charge in [0.1, 0.15) is 11.3 Å². The van der Waals surface area contributed by atoms with Crippen LogP contribution in [0.4, 0.5) is 4.39 Å². The van der Waals surface area contributed by atoms with Crippen molar-refractivity contribution in [3.63, 3.8) is 0 Å². The predicted molar refractivity (Wildman–Crippen MR) is 103 cm³/mol. The second-order valence-corrected chi connectivity index (χ2v) is 6.31. The van der Waals surface area contributed by atoms with Crippen molar-refractivity contribution in [2.24, 2.45) is 5.73 Å². The summed E-state index contributed by atoms with van der Waals surface area (Å²) >= 11 is 0. The number of amides is 1. The van der Waals surface area contributed by atoms with Crippen molar-refractivity contribution in [3.05, 3.63) is 70.8 Å². The van der Waals surface area contributed by atoms with Gasteiger partial charge in [-0.15, -0.1) is 0 Å². The number of rotatable bonds is 3. The SMILES string of the molecule is NC(=O)c1nc(-c2ccc3nc[nH]c3c2)nc2c1[nH]c(=O)n2-c1ccccc1F. The van der Waals surface area contributed by atoms with Gasteiger partial charge in [-0.05, 0) is 30.3 Å². The Kier molecular flexibility index (Phi) is 3.53. The summed E-state index contributed by atoms with van der Waals surface area (Å²) in [7, 11) is 0. The molecule has 0 spiro atoms. The zero-order valence-corrected chi connectivity index (χ0v) is 14.7. The molecule has 0 bridgehead atoms. The Morgan fingerprint density at radius 1 is 1.14 bits per heavy atom. The van der Waals surface area contributed by atoms with E-state index >= 15 is 0 Å². The van der Waals surface area contributed by atoms with E-state index in [0.29, 0.717) is 5.56 Å². The molecule has 0 aliphatic carbocycles. The topological polar surface area (TPSA) is 135 Å². The first-order valence-electron chi connectivity index (χ1n) is 8.54. The van der Waals surface area contributed by atoms with Crippen molar-refractivity contribution < 1.29 is 9.18 Å². The van der Waals surface area contributed by atoms with E-state index in [-0.39, 0.29) is 28.4 Å². The lowest BCUT2D eigenvalue weighted by Gasteiger charge is -2.07. The lowest BCUT2D eigenvalue weighted by atomic mass is 10.2. The van der Waals surface area contributed by atoms with Crippen LogP contribution in [0.1, 0.15) is 10.5 Å². The number of H-pyrrole nitrogens is 2. The van der Waals surface area contributed by atoms with Gasteiger partial charge in [0.2, 0.25) is 0 Å². The van der Waals surface area contributed by atoms with Gasteiger partial charge in [0, 0.05) is 5.56 Å². The third kappa shape index (κ3) is 2.57. The molecule has 0 aliphatic heterocycles. The highest BCUT2D eigenvalue weighted by Gasteiger charge is 2.21. The molecule has 4 N–H and O–H groups in total. The van der Waals surface area contributed by atoms with E-state index < -0.39 is 17.4 Å². The molecule has 1 amide bonds. The number of fused-ring (bicyclic) bond motifs is 2. The van der Waals surface area contributed by atoms with Gasteiger partial charge in [-0.3, -0.25) is 4.79 Å². The molecule has 29 heavy (non-hydrogen) atoms. The summed E-state index contributed by atoms with van der Waals surface area (Å²) in [6, 6.07) is 11.0. The van der Waals surface area contributed by atoms with E-state index in [9.17, 15) is 14.0 Å². The summed E-state index contributed by atoms with van der Waals surface area (Å²) in [5, 5.41) is 0. The lowest BCUT2D eigenvalue weighted by molar-refractivity contribution is 0.0997. The van der Waals surface area contributed by atoms with Crippen LogP contribution >= 0.6 is 0 Å². The number of hydrogen-bond acceptors (Lipinski definition) is 5. The van der Waals surface area contributed by atoms with Crippen molar-refractivity contribution in [3.8, 4) is 17.1 Å². The number of imidazole rings is 2. The highest BCUT2D eigenvalue weighted by molar-refractivity contribution is 6.02. The standard InChI is InChI=1S/C19H12FN7O2/c20-10-3-1-2-4-13(10)27-18-15(25-19(27)29)14(16(21)28)24-17(26-18)9-5-6-11-12(7-9)23-8-22-11/h1-8H,(H2,21,28)(H,22,23)(H,25,29). The summed E-state index contributed by atoms with van der Waals surface area (Å²) in [5.41, 5.74) is 6.78. The minimum Gasteiger partial charge on any atom is -0.364 e. The number of nitrogens with zero attached hydrogens (tertiary/aromatic N) is 4. The van der Waals surface area contributed by atoms with Crippen molar-refractivity contribution in [2.45, 2.75) is 0 Å². The van der Waals surface area contributed by atoms with Gasteiger partial charge in [0.05, 0.1) is 23.0 Å². The van der Waals surface area contributed by atoms with Crippen LogP contribution in [0.3, 0.4) is 0 Å². The number of para-hydroxylation sites is 1. The highest BCUT2D eigenvalue weighted by Crippen LogP contribution is 2.24. The molecule has 0 fully saturated rings. The number of nitrogens with one attached hydrogen (secondary N) is 2. The number of carbonyl (C=O) groups is 1. The molecule has 9 nitrogen and oxygen atoms in total. The van der Waals surface area contributed by atoms with Crippen LogP contribution in [-0.2, 0) is 0 Å². The van der Waals surface area contributed by atoms with E-state index in [1.165, 1.54) is 18.2 Å². The molecule has 10 heteroatoms. The Morgan fingerprint density at radius 3 is 2.76 bits per heavy atom. The molecule has 3 aromatic heterocycles. The van der Waals surface area contributed by atoms with E-state index in [4.69, 9.17) is 5.73 Å². The third-order valence-corrected chi connectivity index (χ3v) is 4.54. The second kappa shape index (κ2) is 6.09. The Morgan fingerprint density at radius 2 is 1.97 bits per heavy atom. The van der Waals surface area contributed by atoms with E-state index in [1.807, 2.05) is 0 Å². The van der Waals surface area contributed by atoms with Crippen LogP contribution < -0.4 is 11.4 Å². The normalized spacial score (nSPS) is 11.3. The fourth-order valence-corrected chi connectivity index (χ4v) is 3.22. The van der Waals surface area contributed by atoms with Gasteiger partial charge >= 0.3 is 5.69 Å². The van der Waals surface area contributed by atoms with Gasteiger partial charge in [-0.25, -0.2) is 28.7 Å². The second-order valence-electron chi connectivity index (χ2n) is 6.31. The van der Waals surface area contributed by atoms with E-state index in [2.05, 4.69) is 24.9 Å². The van der Waals surface area contributed by atoms with Crippen LogP contribution in [0.5, 0.6) is 0 Å². The number of primary amides is 1. The summed E-state index contributed by atoms with van der Waals surface area (Å²) in [6.45, 7) is 0. The van der Waals surface area contributed by atoms with Crippen molar-refractivity contribution in [1.82, 2.24) is 29.5 Å². The lowest BCUT2D eigenvalue weighted by Crippen LogP contribution is -2.16. The van der Waals surface area contributed by atoms with Crippen LogP contribution in [0, 0.1) is 5.82 Å². The fourth-order valence-electron chi connectivity index (χ4n) is 3.22. The van der Waals surface area contributed by atoms with Crippen molar-refractivity contribution in [2.75, 3.05) is 0 Å². The number of aromatic amines is 2. The molecule has 5 aromatic rings. The van der Waals surface area contributed by atoms with Crippen molar-refractivity contribution in [1.29, 1.82) is 0 Å². The first-order valence-corrected chi connectivity index (χ1v) is 8.54. The molecule has 2 aromatic carbocycles. The first-order chi connectivity index (χ1) is 14.0. The third-order valence-electron chi connectivity index (χ3n) is 4.54. The summed E-state index contributed by atoms with van der Waals surface area (Å²) in [5.74, 6) is -1.30. The largest absolute Gasteiger partial charge is 0.364 e. The van der Waals surface area contributed by atoms with Crippen LogP contribution in [0.15, 0.2) is 53.6 Å². The molecule has 0 radical (unpaired) electrons. The molecule has 3 heterocycles. The van der Waals surface area contributed by atoms with E-state index in [0.717, 1.165) is 15.6 Å². The maximum Gasteiger partial charge on any atom is 0.332 e. The zero-order chi connectivity index (χ0) is 20.1. The number of hydrogen-bond donors (Lipinski definition) is 3. The number of halogens is 1. The smallest absolute Gasteiger partial charge is 0.332 e. The Labute approximate surface area is 161 Å². The van der Waals surface area contributed by atoms with E-state index in [1.54, 1.807) is 30.6 Å². The fraction of sp³-hybridized carbons (Fsp3) is 0. The molecular formula is C19H12FN7O2. The number of aromatic nitrogens is 6. The van der Waals surface area contributed by atoms with Crippen molar-refractivity contribution >= 4 is 28.1 Å². The van der Waals surface area contributed by atoms with Gasteiger partial charge in [0.25, 0.3) is 5.91 Å². The van der Waals surface area contributed by atoms with Gasteiger partial charge in [-0.1, -0.05) is 12.1 Å². The maximum absolute atomic E-state index is 14.4. The van der Waals surface area contributed by atoms with Crippen LogP contribution in [0.2, 0.25) is 0 Å². The molecule has 0 saturated heterocycles. The quantitative estimate of drug-likeness (QED) is 0.433. The average Bonchev–Trinajstić information content (AvgIpc) is 3.30. The molecule has 5 rings (SSSR count). The molecular weight excluding hydrogens is 377 g/mol. The zero-order valence-electron chi connectivity index (χ0n) is 14.7. The molecule has 0 unspecified atom stereocenters. The minimum atomic E-state index is -0.844. The Balaban J connectivity index is 1.85. The first kappa shape index (κ1) is 16.8. The van der Waals surface area contributed by atoms with Gasteiger partial charge in [-0.2, -0.15) is 0 Å². The summed E-state index contributed by atoms with van der Waals surface area (Å²) in [6.07, 6.45) is 1.55. The Hall–Kier alpha value is -4.34. The maximum atomic E-state index is 14.4. The molecule has 0 saturated carbocycles. The van der Waals surface area contributed by atoms with Crippen LogP contribution in [-0.4, -0.2) is 35.4 Å². The number of carbonyl (C=O) groups excluding carboxylic acids is 1. The summed E-state index contributed by atoms with van der Waals surface area (Å²) in [4.78, 5) is 42.9.